The van der Waals surface area contributed by atoms with Crippen LogP contribution in [0, 0.1) is 0 Å². The topological polar surface area (TPSA) is 176 Å². The minimum absolute atomic E-state index is 0.0540. The summed E-state index contributed by atoms with van der Waals surface area (Å²) in [6.07, 6.45) is 1.25. The van der Waals surface area contributed by atoms with Crippen LogP contribution in [0.2, 0.25) is 0 Å². The van der Waals surface area contributed by atoms with E-state index in [4.69, 9.17) is 28.7 Å². The van der Waals surface area contributed by atoms with Gasteiger partial charge in [0.2, 0.25) is 5.88 Å². The average molecular weight is 770 g/mol. The third-order valence-electron chi connectivity index (χ3n) is 9.83. The quantitative estimate of drug-likeness (QED) is 0.182. The van der Waals surface area contributed by atoms with Crippen molar-refractivity contribution in [1.82, 2.24) is 25.2 Å². The lowest BCUT2D eigenvalue weighted by Crippen LogP contribution is -2.47. The lowest BCUT2D eigenvalue weighted by molar-refractivity contribution is -0.121. The third-order valence-corrected chi connectivity index (χ3v) is 9.83. The van der Waals surface area contributed by atoms with E-state index in [2.05, 4.69) is 15.6 Å². The van der Waals surface area contributed by atoms with Crippen LogP contribution in [-0.2, 0) is 27.4 Å². The summed E-state index contributed by atoms with van der Waals surface area (Å²) in [4.78, 5) is 63.8. The molecule has 16 heteroatoms. The molecule has 1 saturated carbocycles. The Balaban J connectivity index is 0.943. The van der Waals surface area contributed by atoms with Crippen molar-refractivity contribution in [2.24, 2.45) is 0 Å². The largest absolute Gasteiger partial charge is 0.497 e. The molecule has 3 aliphatic rings. The van der Waals surface area contributed by atoms with Crippen LogP contribution in [0.15, 0.2) is 65.5 Å². The Morgan fingerprint density at radius 2 is 1.77 bits per heavy atom. The Morgan fingerprint density at radius 3 is 2.55 bits per heavy atom. The van der Waals surface area contributed by atoms with Gasteiger partial charge in [-0.05, 0) is 82.0 Å². The van der Waals surface area contributed by atoms with Gasteiger partial charge >= 0.3 is 12.2 Å². The number of anilines is 2. The van der Waals surface area contributed by atoms with Gasteiger partial charge in [0, 0.05) is 49.6 Å². The molecule has 1 aliphatic carbocycles. The number of fused-ring (bicyclic) bond motifs is 3. The van der Waals surface area contributed by atoms with Crippen molar-refractivity contribution in [3.8, 4) is 17.4 Å². The standard InChI is InChI=1S/C40H47N7O9/c1-40(2,3)56-38(50)42-18-5-21-53-33-16-8-26-9-17-34(48)45(36(26)44-33)20-19-41-27-10-13-29-31(22-27)55-39(51)47(29)32-15-14-30-37(43-32)46(35(49)24-54-30)23-25-6-11-28(52-4)12-7-25/h6-9,11-12,14-17,27,29,31,41H,5,10,13,18-24H2,1-4H3,(H,42,50)/t27-,29-,31+/m0/s1. The molecule has 56 heavy (non-hydrogen) atoms. The summed E-state index contributed by atoms with van der Waals surface area (Å²) in [7, 11) is 1.60. The maximum Gasteiger partial charge on any atom is 0.416 e. The van der Waals surface area contributed by atoms with Crippen molar-refractivity contribution in [2.75, 3.05) is 43.2 Å². The first-order valence-electron chi connectivity index (χ1n) is 18.9. The minimum atomic E-state index is -0.570. The van der Waals surface area contributed by atoms with Crippen molar-refractivity contribution < 1.29 is 38.1 Å². The lowest BCUT2D eigenvalue weighted by Gasteiger charge is -2.34. The van der Waals surface area contributed by atoms with Gasteiger partial charge in [-0.15, -0.1) is 0 Å². The molecule has 3 amide bonds. The second-order valence-electron chi connectivity index (χ2n) is 14.9. The summed E-state index contributed by atoms with van der Waals surface area (Å²) in [5.74, 6) is 2.08. The number of carbonyl (C=O) groups is 3. The van der Waals surface area contributed by atoms with E-state index < -0.39 is 17.8 Å². The highest BCUT2D eigenvalue weighted by atomic mass is 16.6. The molecule has 0 radical (unpaired) electrons. The number of aromatic nitrogens is 3. The molecule has 2 fully saturated rings. The second-order valence-corrected chi connectivity index (χ2v) is 14.9. The summed E-state index contributed by atoms with van der Waals surface area (Å²) in [5.41, 5.74) is 0.658. The van der Waals surface area contributed by atoms with E-state index in [1.807, 2.05) is 30.3 Å². The zero-order valence-electron chi connectivity index (χ0n) is 32.0. The predicted molar refractivity (Wildman–Crippen MR) is 206 cm³/mol. The number of carbonyl (C=O) groups excluding carboxylic acids is 3. The van der Waals surface area contributed by atoms with E-state index in [0.29, 0.717) is 80.2 Å². The monoisotopic (exact) mass is 769 g/mol. The van der Waals surface area contributed by atoms with E-state index in [-0.39, 0.29) is 42.8 Å². The second kappa shape index (κ2) is 16.5. The molecule has 1 saturated heterocycles. The highest BCUT2D eigenvalue weighted by Gasteiger charge is 2.47. The zero-order valence-corrected chi connectivity index (χ0v) is 32.0. The van der Waals surface area contributed by atoms with Crippen LogP contribution in [0.5, 0.6) is 17.4 Å². The first kappa shape index (κ1) is 38.4. The van der Waals surface area contributed by atoms with Crippen molar-refractivity contribution in [3.05, 3.63) is 76.6 Å². The van der Waals surface area contributed by atoms with Crippen molar-refractivity contribution >= 4 is 40.8 Å². The number of ether oxygens (including phenoxy) is 5. The van der Waals surface area contributed by atoms with Gasteiger partial charge in [0.1, 0.15) is 28.9 Å². The number of amides is 3. The van der Waals surface area contributed by atoms with E-state index in [0.717, 1.165) is 17.4 Å². The normalized spacial score (nSPS) is 19.2. The molecule has 2 N–H and O–H groups in total. The van der Waals surface area contributed by atoms with Crippen LogP contribution < -0.4 is 40.2 Å². The molecule has 5 heterocycles. The Kier molecular flexibility index (Phi) is 11.3. The van der Waals surface area contributed by atoms with Crippen molar-refractivity contribution in [1.29, 1.82) is 0 Å². The molecule has 0 bridgehead atoms. The molecular weight excluding hydrogens is 722 g/mol. The van der Waals surface area contributed by atoms with Crippen molar-refractivity contribution in [2.45, 2.75) is 83.3 Å². The molecule has 0 spiro atoms. The van der Waals surface area contributed by atoms with Gasteiger partial charge in [0.05, 0.1) is 26.3 Å². The number of methoxy groups -OCH3 is 1. The summed E-state index contributed by atoms with van der Waals surface area (Å²) in [6, 6.07) is 17.6. The number of benzene rings is 1. The van der Waals surface area contributed by atoms with Gasteiger partial charge in [-0.3, -0.25) is 24.0 Å². The zero-order chi connectivity index (χ0) is 39.4. The van der Waals surface area contributed by atoms with Crippen LogP contribution in [0.3, 0.4) is 0 Å². The predicted octanol–water partition coefficient (Wildman–Crippen LogP) is 4.56. The van der Waals surface area contributed by atoms with Crippen molar-refractivity contribution in [3.63, 3.8) is 0 Å². The highest BCUT2D eigenvalue weighted by Crippen LogP contribution is 2.39. The fourth-order valence-electron chi connectivity index (χ4n) is 7.16. The minimum Gasteiger partial charge on any atom is -0.497 e. The van der Waals surface area contributed by atoms with E-state index in [1.54, 1.807) is 66.5 Å². The van der Waals surface area contributed by atoms with Gasteiger partial charge in [0.25, 0.3) is 11.5 Å². The fourth-order valence-corrected chi connectivity index (χ4v) is 7.16. The van der Waals surface area contributed by atoms with Crippen LogP contribution >= 0.6 is 0 Å². The summed E-state index contributed by atoms with van der Waals surface area (Å²) in [6.45, 7) is 7.16. The maximum absolute atomic E-state index is 13.3. The van der Waals surface area contributed by atoms with Crippen LogP contribution in [0.25, 0.3) is 11.0 Å². The number of hydrogen-bond donors (Lipinski definition) is 2. The Morgan fingerprint density at radius 1 is 0.964 bits per heavy atom. The Bertz CT molecular complexity index is 2140. The molecule has 16 nitrogen and oxygen atoms in total. The van der Waals surface area contributed by atoms with Crippen LogP contribution in [-0.4, -0.2) is 89.8 Å². The van der Waals surface area contributed by atoms with Gasteiger partial charge in [-0.1, -0.05) is 12.1 Å². The number of pyridine rings is 3. The smallest absolute Gasteiger partial charge is 0.416 e. The number of rotatable bonds is 13. The lowest BCUT2D eigenvalue weighted by atomic mass is 9.88. The molecular formula is C40H47N7O9. The molecule has 2 aliphatic heterocycles. The molecule has 3 atom stereocenters. The van der Waals surface area contributed by atoms with Gasteiger partial charge in [-0.2, -0.15) is 4.98 Å². The van der Waals surface area contributed by atoms with Gasteiger partial charge in [0.15, 0.2) is 18.2 Å². The number of nitrogens with one attached hydrogen (secondary N) is 2. The molecule has 1 aromatic carbocycles. The molecule has 7 rings (SSSR count). The summed E-state index contributed by atoms with van der Waals surface area (Å²) < 4.78 is 29.5. The fraction of sp³-hybridized carbons (Fsp3) is 0.450. The first-order valence-corrected chi connectivity index (χ1v) is 18.9. The molecule has 4 aromatic rings. The molecule has 3 aromatic heterocycles. The van der Waals surface area contributed by atoms with Gasteiger partial charge < -0.3 is 34.3 Å². The average Bonchev–Trinajstić information content (AvgIpc) is 3.50. The first-order chi connectivity index (χ1) is 27.0. The highest BCUT2D eigenvalue weighted by molar-refractivity contribution is 5.97. The SMILES string of the molecule is COc1ccc(CN2C(=O)COc3ccc(N4C(=O)O[C@@H]5C[C@@H](NCCn6c(=O)ccc7ccc(OCCCNC(=O)OC(C)(C)C)nc76)CC[C@@H]54)nc32)cc1. The number of hydrogen-bond acceptors (Lipinski definition) is 12. The summed E-state index contributed by atoms with van der Waals surface area (Å²) in [5, 5.41) is 7.06. The Labute approximate surface area is 324 Å². The van der Waals surface area contributed by atoms with E-state index in [1.165, 1.54) is 6.07 Å². The van der Waals surface area contributed by atoms with E-state index >= 15 is 0 Å². The van der Waals surface area contributed by atoms with E-state index in [9.17, 15) is 19.2 Å². The molecule has 0 unspecified atom stereocenters. The Hall–Kier alpha value is -5.90. The molecule has 296 valence electrons. The number of alkyl carbamates (subject to hydrolysis) is 1. The number of nitrogens with zero attached hydrogens (tertiary/aromatic N) is 5. The maximum atomic E-state index is 13.3. The van der Waals surface area contributed by atoms with Crippen LogP contribution in [0.1, 0.15) is 52.0 Å². The van der Waals surface area contributed by atoms with Crippen LogP contribution in [0.4, 0.5) is 21.2 Å². The summed E-state index contributed by atoms with van der Waals surface area (Å²) >= 11 is 0. The third kappa shape index (κ3) is 8.80. The van der Waals surface area contributed by atoms with Gasteiger partial charge in [-0.25, -0.2) is 14.6 Å².